The Balaban J connectivity index is 2.26. The van der Waals surface area contributed by atoms with Gasteiger partial charge in [-0.1, -0.05) is 0 Å². The summed E-state index contributed by atoms with van der Waals surface area (Å²) in [5.74, 6) is -1.08. The van der Waals surface area contributed by atoms with E-state index in [1.807, 2.05) is 0 Å². The van der Waals surface area contributed by atoms with E-state index in [2.05, 4.69) is 5.32 Å². The van der Waals surface area contributed by atoms with Crippen molar-refractivity contribution in [1.29, 1.82) is 0 Å². The molecule has 0 aliphatic rings. The van der Waals surface area contributed by atoms with Gasteiger partial charge in [0.25, 0.3) is 5.91 Å². The predicted molar refractivity (Wildman–Crippen MR) is 76.6 cm³/mol. The van der Waals surface area contributed by atoms with Gasteiger partial charge < -0.3 is 10.1 Å². The van der Waals surface area contributed by atoms with Crippen LogP contribution in [0.1, 0.15) is 9.67 Å². The fourth-order valence-electron chi connectivity index (χ4n) is 1.58. The first kappa shape index (κ1) is 15.4. The quantitative estimate of drug-likeness (QED) is 0.893. The first-order chi connectivity index (χ1) is 9.82. The van der Waals surface area contributed by atoms with Crippen LogP contribution in [0.4, 0.5) is 10.1 Å². The van der Waals surface area contributed by atoms with E-state index in [4.69, 9.17) is 9.88 Å². The molecule has 1 amide bonds. The first-order valence-electron chi connectivity index (χ1n) is 5.58. The van der Waals surface area contributed by atoms with E-state index in [9.17, 15) is 17.6 Å². The Labute approximate surface area is 124 Å². The molecule has 1 heterocycles. The Morgan fingerprint density at radius 2 is 2.10 bits per heavy atom. The van der Waals surface area contributed by atoms with Gasteiger partial charge in [-0.05, 0) is 29.6 Å². The molecule has 112 valence electrons. The Bertz CT molecular complexity index is 786. The van der Waals surface area contributed by atoms with Gasteiger partial charge in [0, 0.05) is 0 Å². The summed E-state index contributed by atoms with van der Waals surface area (Å²) in [6.45, 7) is 0. The van der Waals surface area contributed by atoms with Gasteiger partial charge >= 0.3 is 0 Å². The zero-order chi connectivity index (χ0) is 15.6. The molecule has 0 aliphatic carbocycles. The van der Waals surface area contributed by atoms with Gasteiger partial charge in [0.15, 0.2) is 0 Å². The van der Waals surface area contributed by atoms with Gasteiger partial charge in [-0.25, -0.2) is 17.9 Å². The third-order valence-electron chi connectivity index (χ3n) is 2.57. The summed E-state index contributed by atoms with van der Waals surface area (Å²) < 4.78 is 41.0. The van der Waals surface area contributed by atoms with Crippen molar-refractivity contribution < 1.29 is 22.3 Å². The molecule has 0 unspecified atom stereocenters. The fourth-order valence-corrected chi connectivity index (χ4v) is 2.86. The van der Waals surface area contributed by atoms with Gasteiger partial charge in [-0.15, -0.1) is 11.3 Å². The molecule has 0 aliphatic heterocycles. The van der Waals surface area contributed by atoms with Crippen LogP contribution in [0.25, 0.3) is 0 Å². The molecule has 1 aromatic carbocycles. The number of primary sulfonamides is 1. The number of methoxy groups -OCH3 is 1. The monoisotopic (exact) mass is 330 g/mol. The average molecular weight is 330 g/mol. The number of amides is 1. The summed E-state index contributed by atoms with van der Waals surface area (Å²) in [5.41, 5.74) is -0.150. The molecule has 0 spiro atoms. The third kappa shape index (κ3) is 3.38. The molecule has 0 atom stereocenters. The summed E-state index contributed by atoms with van der Waals surface area (Å²) in [5, 5.41) is 8.90. The number of rotatable bonds is 4. The van der Waals surface area contributed by atoms with Crippen molar-refractivity contribution in [2.45, 2.75) is 4.90 Å². The molecular weight excluding hydrogens is 319 g/mol. The highest BCUT2D eigenvalue weighted by molar-refractivity contribution is 7.89. The smallest absolute Gasteiger partial charge is 0.269 e. The van der Waals surface area contributed by atoms with E-state index < -0.39 is 21.7 Å². The van der Waals surface area contributed by atoms with Crippen LogP contribution in [0.3, 0.4) is 0 Å². The van der Waals surface area contributed by atoms with Gasteiger partial charge in [0.2, 0.25) is 10.0 Å². The second-order valence-electron chi connectivity index (χ2n) is 3.96. The molecule has 21 heavy (non-hydrogen) atoms. The molecule has 2 rings (SSSR count). The summed E-state index contributed by atoms with van der Waals surface area (Å²) in [6.07, 6.45) is 0. The van der Waals surface area contributed by atoms with Crippen molar-refractivity contribution in [3.63, 3.8) is 0 Å². The number of nitrogens with two attached hydrogens (primary N) is 1. The maximum absolute atomic E-state index is 13.8. The number of benzene rings is 1. The molecule has 0 saturated carbocycles. The van der Waals surface area contributed by atoms with Crippen molar-refractivity contribution in [2.24, 2.45) is 5.14 Å². The number of halogens is 1. The second-order valence-corrected chi connectivity index (χ2v) is 6.44. The number of hydrogen-bond donors (Lipinski definition) is 2. The van der Waals surface area contributed by atoms with Crippen LogP contribution >= 0.6 is 11.3 Å². The maximum Gasteiger partial charge on any atom is 0.269 e. The van der Waals surface area contributed by atoms with Gasteiger partial charge in [0.1, 0.15) is 16.4 Å². The molecule has 6 nitrogen and oxygen atoms in total. The van der Waals surface area contributed by atoms with Crippen LogP contribution < -0.4 is 15.2 Å². The Kier molecular flexibility index (Phi) is 4.26. The van der Waals surface area contributed by atoms with Crippen LogP contribution in [-0.4, -0.2) is 21.4 Å². The number of carbonyl (C=O) groups excluding carboxylic acids is 1. The minimum Gasteiger partial charge on any atom is -0.495 e. The average Bonchev–Trinajstić information content (AvgIpc) is 2.88. The number of nitrogens with one attached hydrogen (secondary N) is 1. The SMILES string of the molecule is COc1ccsc1C(=O)Nc1ccc(S(N)(=O)=O)cc1F. The van der Waals surface area contributed by atoms with E-state index in [1.165, 1.54) is 7.11 Å². The topological polar surface area (TPSA) is 98.5 Å². The minimum absolute atomic E-state index is 0.150. The lowest BCUT2D eigenvalue weighted by Crippen LogP contribution is -2.15. The molecule has 2 aromatic rings. The molecule has 9 heteroatoms. The van der Waals surface area contributed by atoms with Gasteiger partial charge in [-0.3, -0.25) is 4.79 Å². The highest BCUT2D eigenvalue weighted by Crippen LogP contribution is 2.26. The normalized spacial score (nSPS) is 11.2. The van der Waals surface area contributed by atoms with E-state index in [-0.39, 0.29) is 15.5 Å². The first-order valence-corrected chi connectivity index (χ1v) is 8.00. The van der Waals surface area contributed by atoms with Crippen molar-refractivity contribution in [3.05, 3.63) is 40.3 Å². The zero-order valence-electron chi connectivity index (χ0n) is 10.8. The fraction of sp³-hybridized carbons (Fsp3) is 0.0833. The predicted octanol–water partition coefficient (Wildman–Crippen LogP) is 1.80. The molecule has 0 radical (unpaired) electrons. The van der Waals surface area contributed by atoms with Crippen molar-refractivity contribution in [2.75, 3.05) is 12.4 Å². The van der Waals surface area contributed by atoms with Crippen LogP contribution in [0.2, 0.25) is 0 Å². The molecule has 0 fully saturated rings. The van der Waals surface area contributed by atoms with E-state index in [0.29, 0.717) is 5.75 Å². The molecule has 1 aromatic heterocycles. The molecule has 0 saturated heterocycles. The molecule has 0 bridgehead atoms. The maximum atomic E-state index is 13.8. The number of ether oxygens (including phenoxy) is 1. The lowest BCUT2D eigenvalue weighted by atomic mass is 10.3. The summed E-state index contributed by atoms with van der Waals surface area (Å²) >= 11 is 1.14. The number of carbonyl (C=O) groups is 1. The van der Waals surface area contributed by atoms with Gasteiger partial charge in [0.05, 0.1) is 17.7 Å². The van der Waals surface area contributed by atoms with Crippen LogP contribution in [-0.2, 0) is 10.0 Å². The van der Waals surface area contributed by atoms with Crippen molar-refractivity contribution in [1.82, 2.24) is 0 Å². The lowest BCUT2D eigenvalue weighted by molar-refractivity contribution is 0.102. The zero-order valence-corrected chi connectivity index (χ0v) is 12.4. The number of thiophene rings is 1. The van der Waals surface area contributed by atoms with E-state index in [1.54, 1.807) is 11.4 Å². The Hall–Kier alpha value is -1.97. The largest absolute Gasteiger partial charge is 0.495 e. The van der Waals surface area contributed by atoms with Gasteiger partial charge in [-0.2, -0.15) is 0 Å². The van der Waals surface area contributed by atoms with E-state index in [0.717, 1.165) is 29.5 Å². The lowest BCUT2D eigenvalue weighted by Gasteiger charge is -2.07. The number of hydrogen-bond acceptors (Lipinski definition) is 5. The van der Waals surface area contributed by atoms with Crippen LogP contribution in [0, 0.1) is 5.82 Å². The van der Waals surface area contributed by atoms with E-state index >= 15 is 0 Å². The molecular formula is C12H11FN2O4S2. The van der Waals surface area contributed by atoms with Crippen LogP contribution in [0.15, 0.2) is 34.5 Å². The Morgan fingerprint density at radius 3 is 2.67 bits per heavy atom. The van der Waals surface area contributed by atoms with Crippen LogP contribution in [0.5, 0.6) is 5.75 Å². The van der Waals surface area contributed by atoms with Crippen molar-refractivity contribution >= 4 is 33.0 Å². The molecule has 3 N–H and O–H groups in total. The third-order valence-corrected chi connectivity index (χ3v) is 4.38. The summed E-state index contributed by atoms with van der Waals surface area (Å²) in [4.78, 5) is 11.9. The minimum atomic E-state index is -4.00. The standard InChI is InChI=1S/C12H11FN2O4S2/c1-19-10-4-5-20-11(10)12(16)15-9-3-2-7(6-8(9)13)21(14,17)18/h2-6H,1H3,(H,15,16)(H2,14,17,18). The summed E-state index contributed by atoms with van der Waals surface area (Å²) in [7, 11) is -2.58. The number of anilines is 1. The summed E-state index contributed by atoms with van der Waals surface area (Å²) in [6, 6.07) is 4.60. The highest BCUT2D eigenvalue weighted by atomic mass is 32.2. The highest BCUT2D eigenvalue weighted by Gasteiger charge is 2.17. The Morgan fingerprint density at radius 1 is 1.38 bits per heavy atom. The number of sulfonamides is 1. The second kappa shape index (κ2) is 5.80. The van der Waals surface area contributed by atoms with Crippen molar-refractivity contribution in [3.8, 4) is 5.75 Å².